The highest BCUT2D eigenvalue weighted by Gasteiger charge is 2.24. The first-order valence-electron chi connectivity index (χ1n) is 6.79. The van der Waals surface area contributed by atoms with Crippen LogP contribution in [0.5, 0.6) is 0 Å². The number of amides is 1. The molecule has 0 atom stereocenters. The number of rotatable bonds is 1. The number of likely N-dealkylation sites (N-methyl/N-ethyl adjacent to an activating group) is 1. The molecule has 2 aliphatic rings. The number of carbonyl (C=O) groups is 2. The monoisotopic (exact) mass is 258 g/mol. The van der Waals surface area contributed by atoms with Gasteiger partial charge in [-0.25, -0.2) is 0 Å². The van der Waals surface area contributed by atoms with Crippen molar-refractivity contribution in [1.29, 1.82) is 0 Å². The molecule has 0 radical (unpaired) electrons. The predicted octanol–water partition coefficient (Wildman–Crippen LogP) is 1.20. The van der Waals surface area contributed by atoms with Crippen LogP contribution in [0.25, 0.3) is 0 Å². The molecular weight excluding hydrogens is 240 g/mol. The molecule has 0 bridgehead atoms. The molecule has 1 aliphatic carbocycles. The van der Waals surface area contributed by atoms with E-state index >= 15 is 0 Å². The van der Waals surface area contributed by atoms with E-state index in [9.17, 15) is 9.59 Å². The number of hydrogen-bond donors (Lipinski definition) is 0. The Morgan fingerprint density at radius 1 is 1.11 bits per heavy atom. The van der Waals surface area contributed by atoms with E-state index < -0.39 is 0 Å². The lowest BCUT2D eigenvalue weighted by Gasteiger charge is -2.32. The molecule has 1 amide bonds. The average Bonchev–Trinajstić information content (AvgIpc) is 2.80. The molecule has 4 heteroatoms. The molecule has 1 fully saturated rings. The molecule has 0 spiro atoms. The zero-order chi connectivity index (χ0) is 13.4. The number of fused-ring (bicyclic) bond motifs is 1. The summed E-state index contributed by atoms with van der Waals surface area (Å²) in [6.45, 7) is 3.42. The number of benzene rings is 1. The van der Waals surface area contributed by atoms with Gasteiger partial charge >= 0.3 is 0 Å². The highest BCUT2D eigenvalue weighted by atomic mass is 16.2. The third-order valence-corrected chi connectivity index (χ3v) is 4.06. The van der Waals surface area contributed by atoms with Crippen LogP contribution >= 0.6 is 0 Å². The molecule has 0 N–H and O–H groups in total. The second-order valence-corrected chi connectivity index (χ2v) is 5.39. The summed E-state index contributed by atoms with van der Waals surface area (Å²) in [5, 5.41) is 0. The maximum atomic E-state index is 12.4. The maximum Gasteiger partial charge on any atom is 0.253 e. The number of carbonyl (C=O) groups excluding carboxylic acids is 2. The predicted molar refractivity (Wildman–Crippen MR) is 72.5 cm³/mol. The maximum absolute atomic E-state index is 12.4. The molecule has 1 aromatic carbocycles. The fraction of sp³-hybridized carbons (Fsp3) is 0.467. The quantitative estimate of drug-likeness (QED) is 0.760. The van der Waals surface area contributed by atoms with Gasteiger partial charge < -0.3 is 9.80 Å². The number of ketones is 1. The first-order valence-corrected chi connectivity index (χ1v) is 6.79. The SMILES string of the molecule is CN1CCN(C(=O)c2ccc3c(c2)CCC3=O)CC1. The van der Waals surface area contributed by atoms with Gasteiger partial charge in [0.2, 0.25) is 0 Å². The van der Waals surface area contributed by atoms with Crippen molar-refractivity contribution < 1.29 is 9.59 Å². The van der Waals surface area contributed by atoms with Crippen molar-refractivity contribution in [3.8, 4) is 0 Å². The smallest absolute Gasteiger partial charge is 0.253 e. The topological polar surface area (TPSA) is 40.6 Å². The minimum atomic E-state index is 0.0928. The Balaban J connectivity index is 1.79. The van der Waals surface area contributed by atoms with Crippen molar-refractivity contribution in [1.82, 2.24) is 9.80 Å². The summed E-state index contributed by atoms with van der Waals surface area (Å²) in [5.41, 5.74) is 2.55. The summed E-state index contributed by atoms with van der Waals surface area (Å²) in [6.07, 6.45) is 1.36. The summed E-state index contributed by atoms with van der Waals surface area (Å²) in [6, 6.07) is 5.51. The number of hydrogen-bond acceptors (Lipinski definition) is 3. The number of piperazine rings is 1. The van der Waals surface area contributed by atoms with Crippen LogP contribution in [0.3, 0.4) is 0 Å². The Morgan fingerprint density at radius 2 is 1.84 bits per heavy atom. The third kappa shape index (κ3) is 2.28. The number of aryl methyl sites for hydroxylation is 1. The van der Waals surface area contributed by atoms with Crippen LogP contribution in [0.1, 0.15) is 32.7 Å². The molecule has 1 aliphatic heterocycles. The Bertz CT molecular complexity index is 531. The second kappa shape index (κ2) is 4.78. The van der Waals surface area contributed by atoms with Crippen LogP contribution in [0, 0.1) is 0 Å². The van der Waals surface area contributed by atoms with Gasteiger partial charge in [0.1, 0.15) is 0 Å². The van der Waals surface area contributed by atoms with Gasteiger partial charge in [-0.3, -0.25) is 9.59 Å². The van der Waals surface area contributed by atoms with Crippen LogP contribution in [0.4, 0.5) is 0 Å². The first-order chi connectivity index (χ1) is 9.15. The van der Waals surface area contributed by atoms with Crippen molar-refractivity contribution in [2.75, 3.05) is 33.2 Å². The van der Waals surface area contributed by atoms with Crippen molar-refractivity contribution in [3.05, 3.63) is 34.9 Å². The molecule has 1 heterocycles. The van der Waals surface area contributed by atoms with Gasteiger partial charge in [0, 0.05) is 43.7 Å². The third-order valence-electron chi connectivity index (χ3n) is 4.06. The van der Waals surface area contributed by atoms with E-state index in [1.165, 1.54) is 0 Å². The molecule has 1 saturated heterocycles. The standard InChI is InChI=1S/C15H18N2O2/c1-16-6-8-17(9-7-16)15(19)12-2-4-13-11(10-12)3-5-14(13)18/h2,4,10H,3,5-9H2,1H3. The lowest BCUT2D eigenvalue weighted by atomic mass is 10.0. The highest BCUT2D eigenvalue weighted by Crippen LogP contribution is 2.23. The summed E-state index contributed by atoms with van der Waals surface area (Å²) >= 11 is 0. The Kier molecular flexibility index (Phi) is 3.11. The summed E-state index contributed by atoms with van der Waals surface area (Å²) in [5.74, 6) is 0.295. The van der Waals surface area contributed by atoms with Gasteiger partial charge in [0.25, 0.3) is 5.91 Å². The fourth-order valence-electron chi connectivity index (χ4n) is 2.78. The fourth-order valence-corrected chi connectivity index (χ4v) is 2.78. The van der Waals surface area contributed by atoms with Crippen molar-refractivity contribution in [3.63, 3.8) is 0 Å². The number of Topliss-reactive ketones (excluding diaryl/α,β-unsaturated/α-hetero) is 1. The molecule has 1 aromatic rings. The van der Waals surface area contributed by atoms with Gasteiger partial charge in [0.15, 0.2) is 5.78 Å². The highest BCUT2D eigenvalue weighted by molar-refractivity contribution is 6.02. The van der Waals surface area contributed by atoms with Crippen molar-refractivity contribution in [2.45, 2.75) is 12.8 Å². The molecule has 3 rings (SSSR count). The molecule has 0 saturated carbocycles. The van der Waals surface area contributed by atoms with Crippen molar-refractivity contribution >= 4 is 11.7 Å². The van der Waals surface area contributed by atoms with Gasteiger partial charge in [-0.05, 0) is 31.2 Å². The van der Waals surface area contributed by atoms with E-state index in [0.717, 1.165) is 49.3 Å². The second-order valence-electron chi connectivity index (χ2n) is 5.39. The lowest BCUT2D eigenvalue weighted by Crippen LogP contribution is -2.47. The van der Waals surface area contributed by atoms with Crippen LogP contribution in [0.15, 0.2) is 18.2 Å². The van der Waals surface area contributed by atoms with E-state index in [1.807, 2.05) is 17.0 Å². The summed E-state index contributed by atoms with van der Waals surface area (Å²) in [4.78, 5) is 28.1. The Morgan fingerprint density at radius 3 is 2.58 bits per heavy atom. The average molecular weight is 258 g/mol. The minimum absolute atomic E-state index is 0.0928. The van der Waals surface area contributed by atoms with E-state index in [4.69, 9.17) is 0 Å². The summed E-state index contributed by atoms with van der Waals surface area (Å²) < 4.78 is 0. The van der Waals surface area contributed by atoms with E-state index in [1.54, 1.807) is 6.07 Å². The molecule has 100 valence electrons. The lowest BCUT2D eigenvalue weighted by molar-refractivity contribution is 0.0663. The zero-order valence-electron chi connectivity index (χ0n) is 11.2. The van der Waals surface area contributed by atoms with Gasteiger partial charge in [-0.15, -0.1) is 0 Å². The van der Waals surface area contributed by atoms with Crippen LogP contribution < -0.4 is 0 Å². The molecule has 0 aromatic heterocycles. The normalized spacial score (nSPS) is 19.6. The van der Waals surface area contributed by atoms with Crippen LogP contribution in [-0.4, -0.2) is 54.7 Å². The first kappa shape index (κ1) is 12.4. The minimum Gasteiger partial charge on any atom is -0.336 e. The van der Waals surface area contributed by atoms with E-state index in [-0.39, 0.29) is 11.7 Å². The number of nitrogens with zero attached hydrogens (tertiary/aromatic N) is 2. The van der Waals surface area contributed by atoms with E-state index in [2.05, 4.69) is 11.9 Å². The summed E-state index contributed by atoms with van der Waals surface area (Å²) in [7, 11) is 2.07. The van der Waals surface area contributed by atoms with Gasteiger partial charge in [-0.1, -0.05) is 6.07 Å². The Labute approximate surface area is 113 Å². The van der Waals surface area contributed by atoms with Gasteiger partial charge in [0.05, 0.1) is 0 Å². The molecule has 4 nitrogen and oxygen atoms in total. The largest absolute Gasteiger partial charge is 0.336 e. The Hall–Kier alpha value is -1.68. The van der Waals surface area contributed by atoms with E-state index in [0.29, 0.717) is 6.42 Å². The van der Waals surface area contributed by atoms with Crippen molar-refractivity contribution in [2.24, 2.45) is 0 Å². The molecule has 19 heavy (non-hydrogen) atoms. The van der Waals surface area contributed by atoms with Crippen LogP contribution in [-0.2, 0) is 6.42 Å². The molecule has 0 unspecified atom stereocenters. The van der Waals surface area contributed by atoms with Gasteiger partial charge in [-0.2, -0.15) is 0 Å². The zero-order valence-corrected chi connectivity index (χ0v) is 11.2. The van der Waals surface area contributed by atoms with Crippen LogP contribution in [0.2, 0.25) is 0 Å². The molecular formula is C15H18N2O2.